The van der Waals surface area contributed by atoms with Crippen molar-refractivity contribution in [2.24, 2.45) is 0 Å². The number of nitro groups is 1. The van der Waals surface area contributed by atoms with Gasteiger partial charge in [0.1, 0.15) is 5.02 Å². The fourth-order valence-electron chi connectivity index (χ4n) is 2.40. The third-order valence-corrected chi connectivity index (χ3v) is 5.89. The molecule has 0 N–H and O–H groups in total. The summed E-state index contributed by atoms with van der Waals surface area (Å²) in [5.74, 6) is -0.560. The molecule has 144 valence electrons. The number of rotatable bonds is 4. The lowest BCUT2D eigenvalue weighted by Crippen LogP contribution is -2.27. The van der Waals surface area contributed by atoms with E-state index in [1.54, 1.807) is 12.1 Å². The summed E-state index contributed by atoms with van der Waals surface area (Å²) in [5, 5.41) is 11.3. The molecule has 0 aliphatic carbocycles. The summed E-state index contributed by atoms with van der Waals surface area (Å²) in [5.41, 5.74) is 0.395. The van der Waals surface area contributed by atoms with Gasteiger partial charge in [-0.2, -0.15) is 0 Å². The van der Waals surface area contributed by atoms with Gasteiger partial charge in [-0.15, -0.1) is 0 Å². The van der Waals surface area contributed by atoms with Crippen molar-refractivity contribution < 1.29 is 14.5 Å². The molecular weight excluding hydrogens is 470 g/mol. The Morgan fingerprint density at radius 2 is 1.75 bits per heavy atom. The molecule has 6 nitrogen and oxygen atoms in total. The van der Waals surface area contributed by atoms with Crippen LogP contribution in [0.2, 0.25) is 20.1 Å². The maximum absolute atomic E-state index is 12.6. The van der Waals surface area contributed by atoms with Crippen molar-refractivity contribution in [2.45, 2.75) is 6.54 Å². The number of hydrogen-bond acceptors (Lipinski definition) is 5. The number of hydrogen-bond donors (Lipinski definition) is 0. The number of nitro benzene ring substituents is 1. The zero-order valence-electron chi connectivity index (χ0n) is 13.6. The van der Waals surface area contributed by atoms with E-state index in [0.29, 0.717) is 27.4 Å². The van der Waals surface area contributed by atoms with Gasteiger partial charge in [-0.25, -0.2) is 0 Å². The third kappa shape index (κ3) is 4.29. The van der Waals surface area contributed by atoms with Crippen LogP contribution in [0.4, 0.5) is 10.5 Å². The monoisotopic (exact) mass is 476 g/mol. The van der Waals surface area contributed by atoms with E-state index in [1.807, 2.05) is 0 Å². The number of benzene rings is 2. The molecule has 1 fully saturated rings. The fraction of sp³-hybridized carbons (Fsp3) is 0.0588. The second kappa shape index (κ2) is 8.31. The molecular formula is C17H8Cl4N2O4S. The molecule has 0 radical (unpaired) electrons. The summed E-state index contributed by atoms with van der Waals surface area (Å²) >= 11 is 24.5. The van der Waals surface area contributed by atoms with Gasteiger partial charge < -0.3 is 0 Å². The van der Waals surface area contributed by atoms with Crippen LogP contribution in [-0.4, -0.2) is 21.0 Å². The number of imide groups is 1. The lowest BCUT2D eigenvalue weighted by Gasteiger charge is -2.13. The van der Waals surface area contributed by atoms with Crippen LogP contribution in [0, 0.1) is 10.1 Å². The van der Waals surface area contributed by atoms with Gasteiger partial charge in [0.05, 0.1) is 16.4 Å². The Morgan fingerprint density at radius 3 is 2.39 bits per heavy atom. The highest BCUT2D eigenvalue weighted by Gasteiger charge is 2.35. The standard InChI is InChI=1S/C17H8Cl4N2O4S/c18-10-2-1-8(11(19)5-10)7-22-16(24)15(28-17(22)25)4-9-3-14(23(26)27)13(21)6-12(9)20/h1-6H,7H2/b15-4-. The lowest BCUT2D eigenvalue weighted by atomic mass is 10.1. The van der Waals surface area contributed by atoms with Crippen LogP contribution in [0.15, 0.2) is 35.2 Å². The summed E-state index contributed by atoms with van der Waals surface area (Å²) in [4.78, 5) is 36.4. The average Bonchev–Trinajstić information content (AvgIpc) is 2.86. The van der Waals surface area contributed by atoms with Crippen molar-refractivity contribution >= 4 is 81.1 Å². The van der Waals surface area contributed by atoms with Gasteiger partial charge in [-0.1, -0.05) is 52.5 Å². The maximum atomic E-state index is 12.6. The minimum atomic E-state index is -0.662. The van der Waals surface area contributed by atoms with E-state index < -0.39 is 16.1 Å². The average molecular weight is 478 g/mol. The summed E-state index contributed by atoms with van der Waals surface area (Å²) in [7, 11) is 0. The Bertz CT molecular complexity index is 1060. The molecule has 0 unspecified atom stereocenters. The van der Waals surface area contributed by atoms with Gasteiger partial charge in [0, 0.05) is 26.7 Å². The van der Waals surface area contributed by atoms with E-state index in [-0.39, 0.29) is 32.7 Å². The van der Waals surface area contributed by atoms with Crippen LogP contribution in [0.1, 0.15) is 11.1 Å². The van der Waals surface area contributed by atoms with Gasteiger partial charge in [0.2, 0.25) is 0 Å². The van der Waals surface area contributed by atoms with Crippen LogP contribution in [0.3, 0.4) is 0 Å². The Labute approximate surface area is 183 Å². The molecule has 2 aromatic rings. The molecule has 0 atom stereocenters. The highest BCUT2D eigenvalue weighted by Crippen LogP contribution is 2.37. The molecule has 3 rings (SSSR count). The van der Waals surface area contributed by atoms with Gasteiger partial charge in [0.15, 0.2) is 0 Å². The van der Waals surface area contributed by atoms with Crippen LogP contribution < -0.4 is 0 Å². The van der Waals surface area contributed by atoms with Crippen LogP contribution >= 0.6 is 58.2 Å². The smallest absolute Gasteiger partial charge is 0.268 e. The Balaban J connectivity index is 1.91. The van der Waals surface area contributed by atoms with Crippen molar-refractivity contribution in [3.63, 3.8) is 0 Å². The van der Waals surface area contributed by atoms with Crippen LogP contribution in [-0.2, 0) is 11.3 Å². The predicted octanol–water partition coefficient (Wildman–Crippen LogP) is 6.44. The summed E-state index contributed by atoms with van der Waals surface area (Å²) in [6.07, 6.45) is 1.32. The highest BCUT2D eigenvalue weighted by atomic mass is 35.5. The van der Waals surface area contributed by atoms with Gasteiger partial charge in [0.25, 0.3) is 16.8 Å². The number of halogens is 4. The second-order valence-corrected chi connectivity index (χ2v) is 8.24. The number of carbonyl (C=O) groups is 2. The van der Waals surface area contributed by atoms with Crippen molar-refractivity contribution in [2.75, 3.05) is 0 Å². The topological polar surface area (TPSA) is 80.5 Å². The van der Waals surface area contributed by atoms with Gasteiger partial charge in [-0.05, 0) is 41.6 Å². The lowest BCUT2D eigenvalue weighted by molar-refractivity contribution is -0.384. The van der Waals surface area contributed by atoms with Gasteiger partial charge in [-0.3, -0.25) is 24.6 Å². The molecule has 11 heteroatoms. The molecule has 1 saturated heterocycles. The predicted molar refractivity (Wildman–Crippen MR) is 111 cm³/mol. The molecule has 2 amide bonds. The molecule has 0 saturated carbocycles. The number of amides is 2. The highest BCUT2D eigenvalue weighted by molar-refractivity contribution is 8.18. The summed E-state index contributed by atoms with van der Waals surface area (Å²) in [6.45, 7) is -0.0352. The maximum Gasteiger partial charge on any atom is 0.293 e. The third-order valence-electron chi connectivity index (χ3n) is 3.77. The first kappa shape index (κ1) is 21.0. The van der Waals surface area contributed by atoms with Crippen LogP contribution in [0.5, 0.6) is 0 Å². The Morgan fingerprint density at radius 1 is 1.04 bits per heavy atom. The van der Waals surface area contributed by atoms with Crippen LogP contribution in [0.25, 0.3) is 6.08 Å². The second-order valence-electron chi connectivity index (χ2n) is 5.59. The molecule has 2 aromatic carbocycles. The zero-order chi connectivity index (χ0) is 20.6. The fourth-order valence-corrected chi connectivity index (χ4v) is 4.21. The Kier molecular flexibility index (Phi) is 6.21. The summed E-state index contributed by atoms with van der Waals surface area (Å²) < 4.78 is 0. The van der Waals surface area contributed by atoms with E-state index in [4.69, 9.17) is 46.4 Å². The number of nitrogens with zero attached hydrogens (tertiary/aromatic N) is 2. The molecule has 0 spiro atoms. The van der Waals surface area contributed by atoms with Crippen molar-refractivity contribution in [1.82, 2.24) is 4.90 Å². The molecule has 0 aromatic heterocycles. The molecule has 1 aliphatic rings. The molecule has 1 heterocycles. The molecule has 0 bridgehead atoms. The normalized spacial score (nSPS) is 15.6. The first-order valence-corrected chi connectivity index (χ1v) is 9.83. The van der Waals surface area contributed by atoms with Gasteiger partial charge >= 0.3 is 0 Å². The quantitative estimate of drug-likeness (QED) is 0.287. The first-order chi connectivity index (χ1) is 13.2. The zero-order valence-corrected chi connectivity index (χ0v) is 17.5. The number of carbonyl (C=O) groups excluding carboxylic acids is 2. The van der Waals surface area contributed by atoms with E-state index in [0.717, 1.165) is 11.0 Å². The first-order valence-electron chi connectivity index (χ1n) is 7.50. The number of thioether (sulfide) groups is 1. The largest absolute Gasteiger partial charge is 0.293 e. The van der Waals surface area contributed by atoms with Crippen molar-refractivity contribution in [3.8, 4) is 0 Å². The Hall–Kier alpha value is -1.77. The van der Waals surface area contributed by atoms with E-state index in [9.17, 15) is 19.7 Å². The minimum Gasteiger partial charge on any atom is -0.268 e. The van der Waals surface area contributed by atoms with Crippen molar-refractivity contribution in [3.05, 3.63) is 76.6 Å². The molecule has 1 aliphatic heterocycles. The van der Waals surface area contributed by atoms with E-state index in [1.165, 1.54) is 18.2 Å². The van der Waals surface area contributed by atoms with Crippen molar-refractivity contribution in [1.29, 1.82) is 0 Å². The van der Waals surface area contributed by atoms with E-state index >= 15 is 0 Å². The minimum absolute atomic E-state index is 0.0352. The van der Waals surface area contributed by atoms with E-state index in [2.05, 4.69) is 0 Å². The molecule has 28 heavy (non-hydrogen) atoms. The SMILES string of the molecule is O=C1S/C(=C\c2cc([N+](=O)[O-])c(Cl)cc2Cl)C(=O)N1Cc1ccc(Cl)cc1Cl. The summed E-state index contributed by atoms with van der Waals surface area (Å²) in [6, 6.07) is 7.10.